The van der Waals surface area contributed by atoms with E-state index in [1.54, 1.807) is 31.3 Å². The first-order chi connectivity index (χ1) is 20.4. The fourth-order valence-electron chi connectivity index (χ4n) is 4.22. The van der Waals surface area contributed by atoms with Crippen LogP contribution in [0.1, 0.15) is 17.3 Å². The van der Waals surface area contributed by atoms with Crippen LogP contribution in [0.2, 0.25) is 0 Å². The number of nitrogens with zero attached hydrogens (tertiary/aromatic N) is 3. The third-order valence-corrected chi connectivity index (χ3v) is 6.34. The quantitative estimate of drug-likeness (QED) is 0.0638. The normalized spacial score (nSPS) is 10.5. The molecular weight excluding hydrogens is 554 g/mol. The van der Waals surface area contributed by atoms with Gasteiger partial charge in [0.2, 0.25) is 0 Å². The summed E-state index contributed by atoms with van der Waals surface area (Å²) in [6.45, 7) is 1.86. The van der Waals surface area contributed by atoms with E-state index in [0.29, 0.717) is 34.1 Å². The number of benzene rings is 3. The average molecular weight is 580 g/mol. The number of nitro groups is 1. The van der Waals surface area contributed by atoms with E-state index in [1.807, 2.05) is 60.7 Å². The zero-order valence-corrected chi connectivity index (χ0v) is 23.1. The zero-order valence-electron chi connectivity index (χ0n) is 22.3. The number of ether oxygens (including phenoxy) is 1. The largest absolute Gasteiger partial charge is 0.462 e. The molecule has 0 aliphatic rings. The highest BCUT2D eigenvalue weighted by molar-refractivity contribution is 7.80. The Morgan fingerprint density at radius 2 is 1.67 bits per heavy atom. The molecule has 42 heavy (non-hydrogen) atoms. The SMILES string of the molecule is CCOC(=O)c1c(-c2cccc([N+](=O)[O-])c2)c[nH]c1Nc1ccccc1NC(=S)Nc1ccc(-c2ccccc2)nn1. The minimum absolute atomic E-state index is 0.0898. The lowest BCUT2D eigenvalue weighted by molar-refractivity contribution is -0.384. The molecule has 4 N–H and O–H groups in total. The molecule has 0 saturated heterocycles. The van der Waals surface area contributed by atoms with Crippen molar-refractivity contribution in [2.24, 2.45) is 0 Å². The van der Waals surface area contributed by atoms with Gasteiger partial charge in [-0.3, -0.25) is 10.1 Å². The summed E-state index contributed by atoms with van der Waals surface area (Å²) in [7, 11) is 0. The Morgan fingerprint density at radius 3 is 2.38 bits per heavy atom. The van der Waals surface area contributed by atoms with Gasteiger partial charge in [0.05, 0.1) is 28.6 Å². The van der Waals surface area contributed by atoms with Crippen molar-refractivity contribution in [3.63, 3.8) is 0 Å². The van der Waals surface area contributed by atoms with Crippen molar-refractivity contribution < 1.29 is 14.5 Å². The van der Waals surface area contributed by atoms with Crippen LogP contribution in [0.4, 0.5) is 28.7 Å². The number of hydrogen-bond donors (Lipinski definition) is 4. The van der Waals surface area contributed by atoms with Crippen LogP contribution in [0.15, 0.2) is 97.2 Å². The highest BCUT2D eigenvalue weighted by atomic mass is 32.1. The predicted octanol–water partition coefficient (Wildman–Crippen LogP) is 6.78. The van der Waals surface area contributed by atoms with Gasteiger partial charge in [-0.15, -0.1) is 10.2 Å². The van der Waals surface area contributed by atoms with Crippen LogP contribution >= 0.6 is 12.2 Å². The molecule has 0 bridgehead atoms. The number of carbonyl (C=O) groups excluding carboxylic acids is 1. The van der Waals surface area contributed by atoms with Gasteiger partial charge in [0, 0.05) is 29.5 Å². The smallest absolute Gasteiger partial charge is 0.342 e. The number of aromatic nitrogens is 3. The lowest BCUT2D eigenvalue weighted by atomic mass is 10.0. The molecule has 3 aromatic carbocycles. The summed E-state index contributed by atoms with van der Waals surface area (Å²) in [4.78, 5) is 27.0. The summed E-state index contributed by atoms with van der Waals surface area (Å²) >= 11 is 5.52. The number of non-ortho nitro benzene ring substituents is 1. The molecule has 5 aromatic rings. The third kappa shape index (κ3) is 6.40. The van der Waals surface area contributed by atoms with Gasteiger partial charge in [-0.05, 0) is 49.0 Å². The molecule has 12 heteroatoms. The van der Waals surface area contributed by atoms with E-state index in [4.69, 9.17) is 17.0 Å². The topological polar surface area (TPSA) is 147 Å². The van der Waals surface area contributed by atoms with Crippen molar-refractivity contribution in [1.82, 2.24) is 15.2 Å². The Labute approximate surface area is 246 Å². The highest BCUT2D eigenvalue weighted by Gasteiger charge is 2.23. The standard InChI is InChI=1S/C30H25N7O4S/c1-2-41-29(38)27-22(20-11-8-12-21(17-20)37(39)40)18-31-28(27)32-24-13-6-7-14-25(24)33-30(42)34-26-16-15-23(35-36-26)19-9-4-3-5-10-19/h3-18,31-32H,2H2,1H3,(H2,33,34,36,42). The summed E-state index contributed by atoms with van der Waals surface area (Å²) in [5.74, 6) is 0.238. The van der Waals surface area contributed by atoms with Gasteiger partial charge in [0.15, 0.2) is 10.9 Å². The summed E-state index contributed by atoms with van der Waals surface area (Å²) in [5, 5.41) is 29.5. The molecule has 0 unspecified atom stereocenters. The van der Waals surface area contributed by atoms with Crippen LogP contribution in [0, 0.1) is 10.1 Å². The number of H-pyrrole nitrogens is 1. The average Bonchev–Trinajstić information content (AvgIpc) is 3.43. The van der Waals surface area contributed by atoms with Gasteiger partial charge >= 0.3 is 5.97 Å². The minimum Gasteiger partial charge on any atom is -0.462 e. The highest BCUT2D eigenvalue weighted by Crippen LogP contribution is 2.35. The lowest BCUT2D eigenvalue weighted by Gasteiger charge is -2.15. The number of rotatable bonds is 9. The molecule has 0 aliphatic heterocycles. The monoisotopic (exact) mass is 579 g/mol. The summed E-state index contributed by atoms with van der Waals surface area (Å²) in [6.07, 6.45) is 1.60. The summed E-state index contributed by atoms with van der Waals surface area (Å²) in [6, 6.07) is 26.7. The van der Waals surface area contributed by atoms with Crippen molar-refractivity contribution in [3.05, 3.63) is 113 Å². The van der Waals surface area contributed by atoms with E-state index in [1.165, 1.54) is 12.1 Å². The Bertz CT molecular complexity index is 1740. The molecule has 2 aromatic heterocycles. The predicted molar refractivity (Wildman–Crippen MR) is 166 cm³/mol. The second kappa shape index (κ2) is 12.7. The van der Waals surface area contributed by atoms with Gasteiger partial charge in [-0.25, -0.2) is 4.79 Å². The zero-order chi connectivity index (χ0) is 29.5. The molecule has 0 radical (unpaired) electrons. The molecule has 2 heterocycles. The van der Waals surface area contributed by atoms with Crippen LogP contribution in [0.25, 0.3) is 22.4 Å². The third-order valence-electron chi connectivity index (χ3n) is 6.14. The number of thiocarbonyl (C=S) groups is 1. The molecule has 11 nitrogen and oxygen atoms in total. The Hall–Kier alpha value is -5.62. The molecule has 0 saturated carbocycles. The first-order valence-corrected chi connectivity index (χ1v) is 13.3. The van der Waals surface area contributed by atoms with E-state index in [0.717, 1.165) is 11.3 Å². The second-order valence-corrected chi connectivity index (χ2v) is 9.31. The van der Waals surface area contributed by atoms with Crippen molar-refractivity contribution in [1.29, 1.82) is 0 Å². The maximum Gasteiger partial charge on any atom is 0.342 e. The first kappa shape index (κ1) is 27.9. The molecule has 0 aliphatic carbocycles. The van der Waals surface area contributed by atoms with Crippen LogP contribution in [-0.4, -0.2) is 37.8 Å². The molecule has 0 atom stereocenters. The summed E-state index contributed by atoms with van der Waals surface area (Å²) < 4.78 is 5.31. The van der Waals surface area contributed by atoms with Crippen LogP contribution in [0.5, 0.6) is 0 Å². The second-order valence-electron chi connectivity index (χ2n) is 8.90. The fraction of sp³-hybridized carbons (Fsp3) is 0.0667. The molecule has 0 amide bonds. The molecule has 0 spiro atoms. The lowest BCUT2D eigenvalue weighted by Crippen LogP contribution is -2.20. The summed E-state index contributed by atoms with van der Waals surface area (Å²) in [5.41, 5.74) is 3.98. The van der Waals surface area contributed by atoms with E-state index < -0.39 is 10.9 Å². The van der Waals surface area contributed by atoms with Crippen LogP contribution < -0.4 is 16.0 Å². The van der Waals surface area contributed by atoms with E-state index in [-0.39, 0.29) is 23.0 Å². The van der Waals surface area contributed by atoms with E-state index >= 15 is 0 Å². The first-order valence-electron chi connectivity index (χ1n) is 12.9. The molecule has 5 rings (SSSR count). The van der Waals surface area contributed by atoms with Gasteiger partial charge in [0.1, 0.15) is 11.4 Å². The number of anilines is 4. The van der Waals surface area contributed by atoms with E-state index in [9.17, 15) is 14.9 Å². The fourth-order valence-corrected chi connectivity index (χ4v) is 4.43. The number of aromatic amines is 1. The van der Waals surface area contributed by atoms with Gasteiger partial charge < -0.3 is 25.7 Å². The maximum atomic E-state index is 13.0. The Kier molecular flexibility index (Phi) is 8.45. The van der Waals surface area contributed by atoms with Crippen LogP contribution in [0.3, 0.4) is 0 Å². The number of esters is 1. The minimum atomic E-state index is -0.581. The number of hydrogen-bond acceptors (Lipinski definition) is 8. The van der Waals surface area contributed by atoms with Crippen molar-refractivity contribution in [2.45, 2.75) is 6.92 Å². The molecule has 0 fully saturated rings. The molecule has 210 valence electrons. The number of para-hydroxylation sites is 2. The van der Waals surface area contributed by atoms with Crippen molar-refractivity contribution >= 4 is 52.0 Å². The number of carbonyl (C=O) groups is 1. The van der Waals surface area contributed by atoms with Gasteiger partial charge in [0.25, 0.3) is 5.69 Å². The number of nitrogens with one attached hydrogen (secondary N) is 4. The van der Waals surface area contributed by atoms with Gasteiger partial charge in [-0.1, -0.05) is 54.6 Å². The Morgan fingerprint density at radius 1 is 0.929 bits per heavy atom. The number of nitro benzene ring substituents is 1. The van der Waals surface area contributed by atoms with Crippen molar-refractivity contribution in [3.8, 4) is 22.4 Å². The molecular formula is C30H25N7O4S. The van der Waals surface area contributed by atoms with Gasteiger partial charge in [-0.2, -0.15) is 0 Å². The van der Waals surface area contributed by atoms with Crippen molar-refractivity contribution in [2.75, 3.05) is 22.6 Å². The van der Waals surface area contributed by atoms with Crippen LogP contribution in [-0.2, 0) is 4.74 Å². The maximum absolute atomic E-state index is 13.0. The van der Waals surface area contributed by atoms with E-state index in [2.05, 4.69) is 31.1 Å². The Balaban J connectivity index is 1.36.